The van der Waals surface area contributed by atoms with Gasteiger partial charge in [-0.15, -0.1) is 0 Å². The number of benzene rings is 2. The molecule has 1 saturated heterocycles. The molecular weight excluding hydrogens is 441 g/mol. The second-order valence-electron chi connectivity index (χ2n) is 9.48. The molecule has 0 unspecified atom stereocenters. The van der Waals surface area contributed by atoms with Crippen LogP contribution in [0.15, 0.2) is 66.9 Å². The molecule has 1 amide bonds. The number of rotatable bonds is 8. The molecule has 2 aromatic heterocycles. The van der Waals surface area contributed by atoms with Gasteiger partial charge in [0.25, 0.3) is 5.91 Å². The highest BCUT2D eigenvalue weighted by atomic mass is 19.1. The van der Waals surface area contributed by atoms with Gasteiger partial charge in [0.15, 0.2) is 0 Å². The maximum Gasteiger partial charge on any atom is 0.267 e. The lowest BCUT2D eigenvalue weighted by atomic mass is 9.93. The summed E-state index contributed by atoms with van der Waals surface area (Å²) < 4.78 is 17.5. The Balaban J connectivity index is 1.17. The van der Waals surface area contributed by atoms with Gasteiger partial charge in [0.2, 0.25) is 0 Å². The topological polar surface area (TPSA) is 55.1 Å². The molecule has 2 aromatic carbocycles. The summed E-state index contributed by atoms with van der Waals surface area (Å²) in [5, 5.41) is 3.03. The molecule has 0 atom stereocenters. The highest BCUT2D eigenvalue weighted by Gasteiger charge is 2.22. The number of amides is 1. The van der Waals surface area contributed by atoms with Gasteiger partial charge in [-0.3, -0.25) is 4.79 Å². The molecule has 7 heteroatoms. The summed E-state index contributed by atoms with van der Waals surface area (Å²) in [5.74, 6) is 1.44. The van der Waals surface area contributed by atoms with E-state index in [-0.39, 0.29) is 11.7 Å². The van der Waals surface area contributed by atoms with E-state index in [9.17, 15) is 9.18 Å². The summed E-state index contributed by atoms with van der Waals surface area (Å²) in [4.78, 5) is 19.7. The zero-order chi connectivity index (χ0) is 24.2. The molecule has 182 valence electrons. The van der Waals surface area contributed by atoms with Crippen LogP contribution in [0.1, 0.15) is 34.7 Å². The van der Waals surface area contributed by atoms with Crippen molar-refractivity contribution in [3.8, 4) is 0 Å². The number of carbonyl (C=O) groups is 1. The standard InChI is InChI=1S/C28H32FN5O/c1-32-15-4-7-26(32)28(35)30-14-18-33-16-12-21(13-17-33)19-27-31-24-5-2-3-6-25(24)34(27)20-22-8-10-23(29)11-9-22/h2-11,15,21H,12-14,16-20H2,1H3,(H,30,35). The number of nitrogens with one attached hydrogen (secondary N) is 1. The number of hydrogen-bond acceptors (Lipinski definition) is 3. The summed E-state index contributed by atoms with van der Waals surface area (Å²) in [6.45, 7) is 4.27. The van der Waals surface area contributed by atoms with Crippen molar-refractivity contribution in [1.29, 1.82) is 0 Å². The molecule has 0 radical (unpaired) electrons. The first kappa shape index (κ1) is 23.3. The molecule has 1 fully saturated rings. The molecule has 4 aromatic rings. The minimum atomic E-state index is -0.212. The van der Waals surface area contributed by atoms with E-state index in [2.05, 4.69) is 26.9 Å². The number of para-hydroxylation sites is 2. The van der Waals surface area contributed by atoms with Crippen LogP contribution < -0.4 is 5.32 Å². The highest BCUT2D eigenvalue weighted by molar-refractivity contribution is 5.92. The maximum atomic E-state index is 13.4. The maximum absolute atomic E-state index is 13.4. The Morgan fingerprint density at radius 2 is 1.83 bits per heavy atom. The Kier molecular flexibility index (Phi) is 6.95. The Bertz CT molecular complexity index is 1280. The Hall–Kier alpha value is -3.45. The van der Waals surface area contributed by atoms with Crippen LogP contribution >= 0.6 is 0 Å². The van der Waals surface area contributed by atoms with Crippen LogP contribution in [0.4, 0.5) is 4.39 Å². The van der Waals surface area contributed by atoms with Gasteiger partial charge in [-0.1, -0.05) is 24.3 Å². The second-order valence-corrected chi connectivity index (χ2v) is 9.48. The Morgan fingerprint density at radius 3 is 2.57 bits per heavy atom. The quantitative estimate of drug-likeness (QED) is 0.416. The van der Waals surface area contributed by atoms with Crippen LogP contribution in [0, 0.1) is 11.7 Å². The first-order chi connectivity index (χ1) is 17.1. The van der Waals surface area contributed by atoms with Gasteiger partial charge in [0.05, 0.1) is 11.0 Å². The first-order valence-corrected chi connectivity index (χ1v) is 12.4. The van der Waals surface area contributed by atoms with E-state index in [0.29, 0.717) is 24.7 Å². The molecule has 1 aliphatic rings. The Morgan fingerprint density at radius 1 is 1.06 bits per heavy atom. The van der Waals surface area contributed by atoms with E-state index in [0.717, 1.165) is 61.3 Å². The van der Waals surface area contributed by atoms with Crippen LogP contribution in [0.5, 0.6) is 0 Å². The van der Waals surface area contributed by atoms with Crippen molar-refractivity contribution in [2.75, 3.05) is 26.2 Å². The van der Waals surface area contributed by atoms with Gasteiger partial charge in [-0.05, 0) is 73.8 Å². The van der Waals surface area contributed by atoms with E-state index in [1.54, 1.807) is 0 Å². The van der Waals surface area contributed by atoms with Gasteiger partial charge < -0.3 is 19.4 Å². The average Bonchev–Trinajstić information content (AvgIpc) is 3.45. The molecule has 1 N–H and O–H groups in total. The number of hydrogen-bond donors (Lipinski definition) is 1. The molecule has 0 bridgehead atoms. The van der Waals surface area contributed by atoms with Crippen LogP contribution in [0.3, 0.4) is 0 Å². The van der Waals surface area contributed by atoms with Crippen LogP contribution in [0.25, 0.3) is 11.0 Å². The molecule has 0 spiro atoms. The summed E-state index contributed by atoms with van der Waals surface area (Å²) in [6, 6.07) is 18.7. The lowest BCUT2D eigenvalue weighted by Gasteiger charge is -2.32. The number of nitrogens with zero attached hydrogens (tertiary/aromatic N) is 4. The molecular formula is C28H32FN5O. The number of halogens is 1. The summed E-state index contributed by atoms with van der Waals surface area (Å²) in [7, 11) is 1.88. The fourth-order valence-corrected chi connectivity index (χ4v) is 5.02. The number of aromatic nitrogens is 3. The third kappa shape index (κ3) is 5.46. The molecule has 35 heavy (non-hydrogen) atoms. The van der Waals surface area contributed by atoms with E-state index in [4.69, 9.17) is 4.98 Å². The van der Waals surface area contributed by atoms with Crippen LogP contribution in [0.2, 0.25) is 0 Å². The number of likely N-dealkylation sites (tertiary alicyclic amines) is 1. The van der Waals surface area contributed by atoms with E-state index >= 15 is 0 Å². The van der Waals surface area contributed by atoms with Crippen molar-refractivity contribution in [2.45, 2.75) is 25.8 Å². The number of fused-ring (bicyclic) bond motifs is 1. The van der Waals surface area contributed by atoms with Crippen molar-refractivity contribution in [3.05, 3.63) is 89.8 Å². The summed E-state index contributed by atoms with van der Waals surface area (Å²) in [5.41, 5.74) is 3.89. The third-order valence-corrected chi connectivity index (χ3v) is 7.06. The lowest BCUT2D eigenvalue weighted by molar-refractivity contribution is 0.0935. The number of imidazole rings is 1. The third-order valence-electron chi connectivity index (χ3n) is 7.06. The van der Waals surface area contributed by atoms with Crippen molar-refractivity contribution < 1.29 is 9.18 Å². The zero-order valence-corrected chi connectivity index (χ0v) is 20.2. The minimum Gasteiger partial charge on any atom is -0.349 e. The number of aryl methyl sites for hydroxylation is 1. The van der Waals surface area contributed by atoms with Gasteiger partial charge in [-0.25, -0.2) is 9.37 Å². The van der Waals surface area contributed by atoms with Crippen molar-refractivity contribution in [2.24, 2.45) is 13.0 Å². The highest BCUT2D eigenvalue weighted by Crippen LogP contribution is 2.25. The molecule has 1 aliphatic heterocycles. The predicted octanol–water partition coefficient (Wildman–Crippen LogP) is 4.25. The summed E-state index contributed by atoms with van der Waals surface area (Å²) >= 11 is 0. The van der Waals surface area contributed by atoms with Gasteiger partial charge in [-0.2, -0.15) is 0 Å². The summed E-state index contributed by atoms with van der Waals surface area (Å²) in [6.07, 6.45) is 5.05. The fourth-order valence-electron chi connectivity index (χ4n) is 5.02. The largest absolute Gasteiger partial charge is 0.349 e. The molecule has 0 saturated carbocycles. The van der Waals surface area contributed by atoms with Crippen molar-refractivity contribution in [3.63, 3.8) is 0 Å². The Labute approximate surface area is 205 Å². The van der Waals surface area contributed by atoms with Crippen LogP contribution in [-0.2, 0) is 20.0 Å². The monoisotopic (exact) mass is 473 g/mol. The minimum absolute atomic E-state index is 0.0209. The zero-order valence-electron chi connectivity index (χ0n) is 20.2. The number of piperidine rings is 1. The van der Waals surface area contributed by atoms with Gasteiger partial charge >= 0.3 is 0 Å². The second kappa shape index (κ2) is 10.4. The smallest absolute Gasteiger partial charge is 0.267 e. The predicted molar refractivity (Wildman–Crippen MR) is 136 cm³/mol. The van der Waals surface area contributed by atoms with Crippen molar-refractivity contribution >= 4 is 16.9 Å². The fraction of sp³-hybridized carbons (Fsp3) is 0.357. The van der Waals surface area contributed by atoms with Gasteiger partial charge in [0.1, 0.15) is 17.3 Å². The van der Waals surface area contributed by atoms with E-state index < -0.39 is 0 Å². The van der Waals surface area contributed by atoms with E-state index in [1.807, 2.05) is 54.2 Å². The van der Waals surface area contributed by atoms with Crippen molar-refractivity contribution in [1.82, 2.24) is 24.3 Å². The molecule has 5 rings (SSSR count). The number of carbonyl (C=O) groups excluding carboxylic acids is 1. The molecule has 3 heterocycles. The lowest BCUT2D eigenvalue weighted by Crippen LogP contribution is -2.40. The van der Waals surface area contributed by atoms with Crippen LogP contribution in [-0.4, -0.2) is 51.1 Å². The van der Waals surface area contributed by atoms with E-state index in [1.165, 1.54) is 12.1 Å². The SMILES string of the molecule is Cn1cccc1C(=O)NCCN1CCC(Cc2nc3ccccc3n2Cc2ccc(F)cc2)CC1. The average molecular weight is 474 g/mol. The molecule has 6 nitrogen and oxygen atoms in total. The normalized spacial score (nSPS) is 15.0. The first-order valence-electron chi connectivity index (χ1n) is 12.4. The molecule has 0 aliphatic carbocycles. The van der Waals surface area contributed by atoms with Gasteiger partial charge in [0, 0.05) is 39.3 Å².